The number of hydrogen-bond donors (Lipinski definition) is 0. The van der Waals surface area contributed by atoms with Crippen LogP contribution in [0.15, 0.2) is 12.2 Å². The van der Waals surface area contributed by atoms with Crippen molar-refractivity contribution < 1.29 is 0 Å². The molecule has 0 amide bonds. The highest BCUT2D eigenvalue weighted by atomic mass is 14.7. The summed E-state index contributed by atoms with van der Waals surface area (Å²) in [5, 5.41) is 0. The zero-order chi connectivity index (χ0) is 8.40. The molecule has 0 aromatic carbocycles. The summed E-state index contributed by atoms with van der Waals surface area (Å²) in [4.78, 5) is 0. The van der Waals surface area contributed by atoms with Crippen molar-refractivity contribution in [3.05, 3.63) is 12.2 Å². The van der Waals surface area contributed by atoms with Gasteiger partial charge in [0.15, 0.2) is 0 Å². The molecule has 12 heavy (non-hydrogen) atoms. The molecule has 0 aliphatic heterocycles. The van der Waals surface area contributed by atoms with E-state index in [9.17, 15) is 0 Å². The van der Waals surface area contributed by atoms with Gasteiger partial charge in [-0.3, -0.25) is 0 Å². The fraction of sp³-hybridized carbons (Fsp3) is 0.833. The Morgan fingerprint density at radius 3 is 2.67 bits per heavy atom. The second kappa shape index (κ2) is 1.81. The largest absolute Gasteiger partial charge is 0.0874 e. The van der Waals surface area contributed by atoms with Crippen LogP contribution in [-0.2, 0) is 0 Å². The van der Waals surface area contributed by atoms with Crippen molar-refractivity contribution in [2.45, 2.75) is 39.5 Å². The van der Waals surface area contributed by atoms with Gasteiger partial charge in [0.25, 0.3) is 0 Å². The molecule has 4 atom stereocenters. The Labute approximate surface area is 75.0 Å². The summed E-state index contributed by atoms with van der Waals surface area (Å²) in [5.74, 6) is 2.06. The Balaban J connectivity index is 2.12. The van der Waals surface area contributed by atoms with E-state index in [-0.39, 0.29) is 0 Å². The summed E-state index contributed by atoms with van der Waals surface area (Å²) in [7, 11) is 0. The van der Waals surface area contributed by atoms with E-state index in [2.05, 4.69) is 26.0 Å². The summed E-state index contributed by atoms with van der Waals surface area (Å²) in [6, 6.07) is 0. The summed E-state index contributed by atoms with van der Waals surface area (Å²) in [6.07, 6.45) is 10.9. The highest BCUT2D eigenvalue weighted by Crippen LogP contribution is 2.70. The van der Waals surface area contributed by atoms with Crippen molar-refractivity contribution in [3.63, 3.8) is 0 Å². The van der Waals surface area contributed by atoms with Crippen LogP contribution in [0.4, 0.5) is 0 Å². The molecule has 3 aliphatic carbocycles. The normalized spacial score (nSPS) is 61.2. The van der Waals surface area contributed by atoms with Gasteiger partial charge >= 0.3 is 0 Å². The fourth-order valence-electron chi connectivity index (χ4n) is 4.27. The molecule has 0 heteroatoms. The smallest absolute Gasteiger partial charge is 0.00588 e. The molecule has 0 spiro atoms. The van der Waals surface area contributed by atoms with Gasteiger partial charge in [-0.1, -0.05) is 26.0 Å². The van der Waals surface area contributed by atoms with Gasteiger partial charge in [-0.25, -0.2) is 0 Å². The molecule has 0 N–H and O–H groups in total. The third kappa shape index (κ3) is 0.522. The van der Waals surface area contributed by atoms with Crippen molar-refractivity contribution >= 4 is 0 Å². The van der Waals surface area contributed by atoms with Gasteiger partial charge in [0.1, 0.15) is 0 Å². The Morgan fingerprint density at radius 1 is 1.17 bits per heavy atom. The van der Waals surface area contributed by atoms with Gasteiger partial charge in [0, 0.05) is 0 Å². The van der Waals surface area contributed by atoms with Crippen LogP contribution < -0.4 is 0 Å². The molecule has 0 unspecified atom stereocenters. The first-order valence-electron chi connectivity index (χ1n) is 5.34. The van der Waals surface area contributed by atoms with Crippen molar-refractivity contribution in [3.8, 4) is 0 Å². The summed E-state index contributed by atoms with van der Waals surface area (Å²) in [6.45, 7) is 5.02. The van der Waals surface area contributed by atoms with E-state index in [1.54, 1.807) is 0 Å². The fourth-order valence-corrected chi connectivity index (χ4v) is 4.27. The van der Waals surface area contributed by atoms with Crippen LogP contribution in [0, 0.1) is 22.7 Å². The van der Waals surface area contributed by atoms with Crippen LogP contribution >= 0.6 is 0 Å². The number of hydrogen-bond acceptors (Lipinski definition) is 0. The molecule has 0 aromatic rings. The third-order valence-electron chi connectivity index (χ3n) is 5.42. The van der Waals surface area contributed by atoms with Crippen LogP contribution in [0.1, 0.15) is 39.5 Å². The van der Waals surface area contributed by atoms with Crippen LogP contribution in [0.5, 0.6) is 0 Å². The molecule has 3 rings (SSSR count). The molecule has 66 valence electrons. The molecule has 2 saturated carbocycles. The molecule has 0 aromatic heterocycles. The zero-order valence-corrected chi connectivity index (χ0v) is 8.14. The maximum atomic E-state index is 2.52. The van der Waals surface area contributed by atoms with E-state index in [0.717, 1.165) is 11.8 Å². The maximum absolute atomic E-state index is 2.52. The van der Waals surface area contributed by atoms with Crippen molar-refractivity contribution in [2.24, 2.45) is 22.7 Å². The predicted molar refractivity (Wildman–Crippen MR) is 50.8 cm³/mol. The lowest BCUT2D eigenvalue weighted by atomic mass is 9.60. The lowest BCUT2D eigenvalue weighted by molar-refractivity contribution is 0.0657. The van der Waals surface area contributed by atoms with E-state index in [1.807, 2.05) is 0 Å². The van der Waals surface area contributed by atoms with Gasteiger partial charge in [-0.2, -0.15) is 0 Å². The second-order valence-corrected chi connectivity index (χ2v) is 5.51. The summed E-state index contributed by atoms with van der Waals surface area (Å²) >= 11 is 0. The second-order valence-electron chi connectivity index (χ2n) is 5.51. The molecule has 2 fully saturated rings. The SMILES string of the molecule is C[C@@]12C=CC[C@]1(C)[C@@H]1CC[C@H]2C1. The number of allylic oxidation sites excluding steroid dienone is 2. The standard InChI is InChI=1S/C12H18/c1-11-6-3-7-12(11,2)10-5-4-9(11)8-10/h3,6,9-10H,4-5,7-8H2,1-2H3/t9-,10+,11-,12+/m0/s1. The minimum absolute atomic E-state index is 0.579. The van der Waals surface area contributed by atoms with Crippen LogP contribution in [0.2, 0.25) is 0 Å². The molecule has 2 bridgehead atoms. The Bertz CT molecular complexity index is 253. The average molecular weight is 162 g/mol. The van der Waals surface area contributed by atoms with Crippen LogP contribution in [0.3, 0.4) is 0 Å². The highest BCUT2D eigenvalue weighted by Gasteiger charge is 2.62. The van der Waals surface area contributed by atoms with Crippen molar-refractivity contribution in [2.75, 3.05) is 0 Å². The first kappa shape index (κ1) is 7.17. The van der Waals surface area contributed by atoms with Gasteiger partial charge in [-0.15, -0.1) is 0 Å². The van der Waals surface area contributed by atoms with Gasteiger partial charge in [0.2, 0.25) is 0 Å². The zero-order valence-electron chi connectivity index (χ0n) is 8.14. The Morgan fingerprint density at radius 2 is 1.92 bits per heavy atom. The summed E-state index contributed by atoms with van der Waals surface area (Å²) < 4.78 is 0. The Hall–Kier alpha value is -0.260. The van der Waals surface area contributed by atoms with E-state index >= 15 is 0 Å². The Kier molecular flexibility index (Phi) is 1.08. The molecular formula is C12H18. The lowest BCUT2D eigenvalue weighted by Crippen LogP contribution is -2.38. The maximum Gasteiger partial charge on any atom is -0.00588 e. The van der Waals surface area contributed by atoms with Crippen molar-refractivity contribution in [1.29, 1.82) is 0 Å². The van der Waals surface area contributed by atoms with E-state index in [1.165, 1.54) is 25.7 Å². The van der Waals surface area contributed by atoms with E-state index < -0.39 is 0 Å². The first-order chi connectivity index (χ1) is 5.67. The topological polar surface area (TPSA) is 0 Å². The average Bonchev–Trinajstić information content (AvgIpc) is 2.61. The highest BCUT2D eigenvalue weighted by molar-refractivity contribution is 5.24. The van der Waals surface area contributed by atoms with Crippen LogP contribution in [0.25, 0.3) is 0 Å². The first-order valence-corrected chi connectivity index (χ1v) is 5.34. The molecule has 0 heterocycles. The van der Waals surface area contributed by atoms with Gasteiger partial charge in [0.05, 0.1) is 0 Å². The molecule has 3 aliphatic rings. The summed E-state index contributed by atoms with van der Waals surface area (Å²) in [5.41, 5.74) is 1.23. The minimum Gasteiger partial charge on any atom is -0.0874 e. The number of fused-ring (bicyclic) bond motifs is 5. The van der Waals surface area contributed by atoms with E-state index in [4.69, 9.17) is 0 Å². The quantitative estimate of drug-likeness (QED) is 0.479. The van der Waals surface area contributed by atoms with Gasteiger partial charge in [-0.05, 0) is 48.3 Å². The number of rotatable bonds is 0. The molecular weight excluding hydrogens is 144 g/mol. The lowest BCUT2D eigenvalue weighted by Gasteiger charge is -2.44. The van der Waals surface area contributed by atoms with Crippen molar-refractivity contribution in [1.82, 2.24) is 0 Å². The minimum atomic E-state index is 0.579. The van der Waals surface area contributed by atoms with E-state index in [0.29, 0.717) is 10.8 Å². The molecule has 0 radical (unpaired) electrons. The molecule has 0 nitrogen and oxygen atoms in total. The van der Waals surface area contributed by atoms with Gasteiger partial charge < -0.3 is 0 Å². The molecule has 0 saturated heterocycles. The third-order valence-corrected chi connectivity index (χ3v) is 5.42. The monoisotopic (exact) mass is 162 g/mol. The van der Waals surface area contributed by atoms with Crippen LogP contribution in [-0.4, -0.2) is 0 Å². The predicted octanol–water partition coefficient (Wildman–Crippen LogP) is 3.39.